The molecule has 1 amide bonds. The number of carbonyl (C=O) groups excluding carboxylic acids is 3. The van der Waals surface area contributed by atoms with Crippen molar-refractivity contribution in [2.45, 2.75) is 25.2 Å². The van der Waals surface area contributed by atoms with Crippen LogP contribution in [0.3, 0.4) is 0 Å². The van der Waals surface area contributed by atoms with Crippen molar-refractivity contribution in [1.82, 2.24) is 4.98 Å². The molecule has 0 bridgehead atoms. The molecular formula is C20H18N2O5S. The van der Waals surface area contributed by atoms with E-state index in [0.29, 0.717) is 27.6 Å². The number of carbonyl (C=O) groups is 3. The fourth-order valence-electron chi connectivity index (χ4n) is 2.38. The van der Waals surface area contributed by atoms with E-state index in [4.69, 9.17) is 9.15 Å². The van der Waals surface area contributed by atoms with Crippen molar-refractivity contribution in [3.63, 3.8) is 0 Å². The largest absolute Gasteiger partial charge is 0.452 e. The van der Waals surface area contributed by atoms with Crippen LogP contribution in [0.25, 0.3) is 11.1 Å². The molecule has 0 saturated carbocycles. The first-order valence-corrected chi connectivity index (χ1v) is 9.50. The van der Waals surface area contributed by atoms with Gasteiger partial charge >= 0.3 is 5.97 Å². The van der Waals surface area contributed by atoms with Crippen molar-refractivity contribution in [1.29, 1.82) is 0 Å². The van der Waals surface area contributed by atoms with Gasteiger partial charge in [-0.1, -0.05) is 36.0 Å². The monoisotopic (exact) mass is 398 g/mol. The predicted molar refractivity (Wildman–Crippen MR) is 105 cm³/mol. The Morgan fingerprint density at radius 3 is 2.71 bits per heavy atom. The summed E-state index contributed by atoms with van der Waals surface area (Å²) in [5, 5.41) is 2.99. The zero-order valence-electron chi connectivity index (χ0n) is 15.3. The molecule has 0 fully saturated rings. The van der Waals surface area contributed by atoms with Gasteiger partial charge in [0.2, 0.25) is 0 Å². The van der Waals surface area contributed by atoms with Gasteiger partial charge in [0.1, 0.15) is 11.3 Å². The molecule has 3 aromatic rings. The topological polar surface area (TPSA) is 98.5 Å². The number of benzene rings is 2. The number of aromatic nitrogens is 1. The van der Waals surface area contributed by atoms with Crippen molar-refractivity contribution >= 4 is 46.2 Å². The Labute approximate surface area is 165 Å². The number of amides is 1. The summed E-state index contributed by atoms with van der Waals surface area (Å²) in [6, 6.07) is 13.8. The summed E-state index contributed by atoms with van der Waals surface area (Å²) in [5.74, 6) is -1.19. The van der Waals surface area contributed by atoms with Gasteiger partial charge in [-0.2, -0.15) is 0 Å². The summed E-state index contributed by atoms with van der Waals surface area (Å²) in [4.78, 5) is 39.9. The first kappa shape index (κ1) is 19.6. The molecule has 0 spiro atoms. The van der Waals surface area contributed by atoms with Crippen molar-refractivity contribution in [2.75, 3.05) is 11.1 Å². The van der Waals surface area contributed by atoms with Gasteiger partial charge in [-0.05, 0) is 38.1 Å². The molecule has 0 saturated heterocycles. The molecule has 144 valence electrons. The predicted octanol–water partition coefficient (Wildman–Crippen LogP) is 3.69. The molecule has 3 rings (SSSR count). The maximum absolute atomic E-state index is 12.2. The number of thioether (sulfide) groups is 1. The number of hydrogen-bond acceptors (Lipinski definition) is 7. The summed E-state index contributed by atoms with van der Waals surface area (Å²) in [6.07, 6.45) is -0.988. The van der Waals surface area contributed by atoms with Gasteiger partial charge in [-0.15, -0.1) is 0 Å². The molecule has 0 aliphatic rings. The summed E-state index contributed by atoms with van der Waals surface area (Å²) >= 11 is 1.10. The fourth-order valence-corrected chi connectivity index (χ4v) is 3.00. The Morgan fingerprint density at radius 1 is 1.18 bits per heavy atom. The third-order valence-electron chi connectivity index (χ3n) is 3.80. The Kier molecular flexibility index (Phi) is 6.10. The lowest BCUT2D eigenvalue weighted by molar-refractivity contribution is -0.150. The second-order valence-electron chi connectivity index (χ2n) is 5.99. The normalized spacial score (nSPS) is 11.8. The second-order valence-corrected chi connectivity index (χ2v) is 6.92. The van der Waals surface area contributed by atoms with E-state index >= 15 is 0 Å². The molecule has 7 nitrogen and oxygen atoms in total. The second kappa shape index (κ2) is 8.71. The molecular weight excluding hydrogens is 380 g/mol. The van der Waals surface area contributed by atoms with Crippen LogP contribution in [0, 0.1) is 0 Å². The van der Waals surface area contributed by atoms with Gasteiger partial charge in [0.05, 0.1) is 0 Å². The highest BCUT2D eigenvalue weighted by Gasteiger charge is 2.19. The number of ether oxygens (including phenoxy) is 1. The van der Waals surface area contributed by atoms with Crippen LogP contribution < -0.4 is 5.32 Å². The molecule has 1 N–H and O–H groups in total. The van der Waals surface area contributed by atoms with Crippen LogP contribution in [-0.4, -0.2) is 34.5 Å². The highest BCUT2D eigenvalue weighted by molar-refractivity contribution is 7.99. The SMILES string of the molecule is CC(=O)c1cccc(NC(=O)C(C)OC(=O)CSc2nc3ccccc3o2)c1. The smallest absolute Gasteiger partial charge is 0.317 e. The summed E-state index contributed by atoms with van der Waals surface area (Å²) in [5.41, 5.74) is 2.29. The first-order valence-electron chi connectivity index (χ1n) is 8.52. The number of rotatable bonds is 7. The lowest BCUT2D eigenvalue weighted by atomic mass is 10.1. The molecule has 1 aromatic heterocycles. The highest BCUT2D eigenvalue weighted by Crippen LogP contribution is 2.23. The van der Waals surface area contributed by atoms with E-state index in [0.717, 1.165) is 11.8 Å². The standard InChI is InChI=1S/C20H18N2O5S/c1-12(23)14-6-5-7-15(10-14)21-19(25)13(2)26-18(24)11-28-20-22-16-8-3-4-9-17(16)27-20/h3-10,13H,11H2,1-2H3,(H,21,25). The quantitative estimate of drug-likeness (QED) is 0.368. The van der Waals surface area contributed by atoms with Gasteiger partial charge in [0.15, 0.2) is 17.5 Å². The first-order chi connectivity index (χ1) is 13.4. The Morgan fingerprint density at radius 2 is 1.96 bits per heavy atom. The number of nitrogens with zero attached hydrogens (tertiary/aromatic N) is 1. The Bertz CT molecular complexity index is 997. The van der Waals surface area contributed by atoms with E-state index in [1.54, 1.807) is 30.3 Å². The number of hydrogen-bond donors (Lipinski definition) is 1. The molecule has 1 unspecified atom stereocenters. The van der Waals surface area contributed by atoms with E-state index < -0.39 is 18.0 Å². The van der Waals surface area contributed by atoms with Crippen LogP contribution in [0.2, 0.25) is 0 Å². The maximum atomic E-state index is 12.2. The van der Waals surface area contributed by atoms with E-state index in [-0.39, 0.29) is 11.5 Å². The number of fused-ring (bicyclic) bond motifs is 1. The van der Waals surface area contributed by atoms with Crippen LogP contribution in [0.15, 0.2) is 58.2 Å². The zero-order valence-corrected chi connectivity index (χ0v) is 16.1. The van der Waals surface area contributed by atoms with E-state index in [1.807, 2.05) is 18.2 Å². The minimum absolute atomic E-state index is 0.0374. The summed E-state index contributed by atoms with van der Waals surface area (Å²) in [7, 11) is 0. The van der Waals surface area contributed by atoms with Gasteiger partial charge in [-0.3, -0.25) is 14.4 Å². The molecule has 1 atom stereocenters. The minimum atomic E-state index is -0.988. The average Bonchev–Trinajstić information content (AvgIpc) is 3.09. The Hall–Kier alpha value is -3.13. The van der Waals surface area contributed by atoms with Crippen molar-refractivity contribution in [3.05, 3.63) is 54.1 Å². The lowest BCUT2D eigenvalue weighted by Crippen LogP contribution is -2.30. The number of nitrogens with one attached hydrogen (secondary N) is 1. The van der Waals surface area contributed by atoms with Crippen molar-refractivity contribution < 1.29 is 23.5 Å². The summed E-state index contributed by atoms with van der Waals surface area (Å²) < 4.78 is 10.7. The van der Waals surface area contributed by atoms with Crippen molar-refractivity contribution in [3.8, 4) is 0 Å². The summed E-state index contributed by atoms with van der Waals surface area (Å²) in [6.45, 7) is 2.92. The van der Waals surface area contributed by atoms with E-state index in [1.165, 1.54) is 13.8 Å². The molecule has 28 heavy (non-hydrogen) atoms. The third-order valence-corrected chi connectivity index (χ3v) is 4.60. The molecule has 8 heteroatoms. The van der Waals surface area contributed by atoms with Crippen molar-refractivity contribution in [2.24, 2.45) is 0 Å². The molecule has 0 aliphatic carbocycles. The van der Waals surface area contributed by atoms with Crippen LogP contribution in [0.4, 0.5) is 5.69 Å². The minimum Gasteiger partial charge on any atom is -0.452 e. The molecule has 2 aromatic carbocycles. The highest BCUT2D eigenvalue weighted by atomic mass is 32.2. The van der Waals surface area contributed by atoms with Crippen LogP contribution in [0.5, 0.6) is 0 Å². The number of ketones is 1. The van der Waals surface area contributed by atoms with Gasteiger partial charge in [0.25, 0.3) is 11.1 Å². The number of esters is 1. The number of anilines is 1. The van der Waals surface area contributed by atoms with E-state index in [9.17, 15) is 14.4 Å². The Balaban J connectivity index is 1.51. The van der Waals surface area contributed by atoms with Crippen LogP contribution in [0.1, 0.15) is 24.2 Å². The van der Waals surface area contributed by atoms with Gasteiger partial charge < -0.3 is 14.5 Å². The zero-order chi connectivity index (χ0) is 20.1. The molecule has 0 aliphatic heterocycles. The maximum Gasteiger partial charge on any atom is 0.317 e. The van der Waals surface area contributed by atoms with E-state index in [2.05, 4.69) is 10.3 Å². The number of Topliss-reactive ketones (excluding diaryl/α,β-unsaturated/α-hetero) is 1. The van der Waals surface area contributed by atoms with Gasteiger partial charge in [0, 0.05) is 11.3 Å². The number of para-hydroxylation sites is 2. The van der Waals surface area contributed by atoms with Crippen LogP contribution >= 0.6 is 11.8 Å². The molecule has 0 radical (unpaired) electrons. The number of oxazole rings is 1. The fraction of sp³-hybridized carbons (Fsp3) is 0.200. The molecule has 1 heterocycles. The van der Waals surface area contributed by atoms with Crippen LogP contribution in [-0.2, 0) is 14.3 Å². The van der Waals surface area contributed by atoms with Gasteiger partial charge in [-0.25, -0.2) is 4.98 Å². The average molecular weight is 398 g/mol. The third kappa shape index (κ3) is 4.98. The lowest BCUT2D eigenvalue weighted by Gasteiger charge is -2.13.